The number of aliphatic imine (C=N–C) groups is 1. The van der Waals surface area contributed by atoms with Gasteiger partial charge in [-0.3, -0.25) is 4.99 Å². The first kappa shape index (κ1) is 25.1. The topological polar surface area (TPSA) is 73.8 Å². The average Bonchev–Trinajstić information content (AvgIpc) is 2.58. The molecule has 0 unspecified atom stereocenters. The Morgan fingerprint density at radius 1 is 1.27 bits per heavy atom. The van der Waals surface area contributed by atoms with Gasteiger partial charge in [-0.05, 0) is 44.4 Å². The highest BCUT2D eigenvalue weighted by atomic mass is 127. The number of hydrogen-bond donors (Lipinski definition) is 2. The Bertz CT molecular complexity index is 656. The highest BCUT2D eigenvalue weighted by Gasteiger charge is 2.13. The minimum atomic E-state index is -3.13. The van der Waals surface area contributed by atoms with Crippen molar-refractivity contribution in [3.63, 3.8) is 0 Å². The summed E-state index contributed by atoms with van der Waals surface area (Å²) in [6.45, 7) is 5.96. The summed E-state index contributed by atoms with van der Waals surface area (Å²) in [5.74, 6) is 0.556. The summed E-state index contributed by atoms with van der Waals surface area (Å²) >= 11 is 0. The first-order valence-corrected chi connectivity index (χ1v) is 10.2. The molecular formula is C17H30FIN4O2S. The van der Waals surface area contributed by atoms with Crippen LogP contribution < -0.4 is 10.6 Å². The molecule has 1 aromatic carbocycles. The van der Waals surface area contributed by atoms with Crippen molar-refractivity contribution in [1.82, 2.24) is 14.9 Å². The maximum Gasteiger partial charge on any atom is 0.213 e. The van der Waals surface area contributed by atoms with Crippen LogP contribution in [0.15, 0.2) is 29.3 Å². The second kappa shape index (κ2) is 13.3. The van der Waals surface area contributed by atoms with Crippen LogP contribution in [0.2, 0.25) is 0 Å². The quantitative estimate of drug-likeness (QED) is 0.224. The largest absolute Gasteiger partial charge is 0.357 e. The van der Waals surface area contributed by atoms with Gasteiger partial charge in [-0.15, -0.1) is 24.0 Å². The van der Waals surface area contributed by atoms with Crippen LogP contribution in [0.1, 0.15) is 25.8 Å². The Kier molecular flexibility index (Phi) is 12.8. The van der Waals surface area contributed by atoms with Crippen LogP contribution >= 0.6 is 24.0 Å². The van der Waals surface area contributed by atoms with Crippen LogP contribution in [0, 0.1) is 5.82 Å². The minimum Gasteiger partial charge on any atom is -0.357 e. The third-order valence-electron chi connectivity index (χ3n) is 3.68. The zero-order valence-electron chi connectivity index (χ0n) is 15.7. The van der Waals surface area contributed by atoms with Gasteiger partial charge in [0.05, 0.1) is 5.75 Å². The van der Waals surface area contributed by atoms with Gasteiger partial charge < -0.3 is 10.6 Å². The van der Waals surface area contributed by atoms with Gasteiger partial charge >= 0.3 is 0 Å². The van der Waals surface area contributed by atoms with E-state index in [0.29, 0.717) is 38.4 Å². The van der Waals surface area contributed by atoms with Crippen LogP contribution in [-0.2, 0) is 16.4 Å². The molecule has 0 fully saturated rings. The number of hydrogen-bond acceptors (Lipinski definition) is 3. The van der Waals surface area contributed by atoms with E-state index in [0.717, 1.165) is 12.1 Å². The third-order valence-corrected chi connectivity index (χ3v) is 5.54. The standard InChI is InChI=1S/C17H29FN4O2S.HI/c1-4-19-17(20-11-7-13-22(3)25(23,24)5-2)21-12-10-15-8-6-9-16(18)14-15;/h6,8-9,14H,4-5,7,10-13H2,1-3H3,(H2,19,20,21);1H. The van der Waals surface area contributed by atoms with E-state index in [1.807, 2.05) is 13.0 Å². The lowest BCUT2D eigenvalue weighted by Gasteiger charge is -2.15. The van der Waals surface area contributed by atoms with E-state index >= 15 is 0 Å². The fourth-order valence-electron chi connectivity index (χ4n) is 2.20. The second-order valence-electron chi connectivity index (χ2n) is 5.64. The minimum absolute atomic E-state index is 0. The molecule has 2 N–H and O–H groups in total. The lowest BCUT2D eigenvalue weighted by Crippen LogP contribution is -2.38. The van der Waals surface area contributed by atoms with Crippen LogP contribution in [0.5, 0.6) is 0 Å². The molecule has 0 aliphatic carbocycles. The van der Waals surface area contributed by atoms with Crippen molar-refractivity contribution < 1.29 is 12.8 Å². The molecule has 0 aliphatic heterocycles. The van der Waals surface area contributed by atoms with E-state index in [4.69, 9.17) is 0 Å². The molecule has 0 amide bonds. The van der Waals surface area contributed by atoms with E-state index in [-0.39, 0.29) is 35.5 Å². The van der Waals surface area contributed by atoms with Crippen molar-refractivity contribution in [3.8, 4) is 0 Å². The molecule has 0 aliphatic rings. The van der Waals surface area contributed by atoms with Crippen molar-refractivity contribution in [1.29, 1.82) is 0 Å². The van der Waals surface area contributed by atoms with E-state index in [1.165, 1.54) is 16.4 Å². The molecule has 0 spiro atoms. The number of sulfonamides is 1. The Morgan fingerprint density at radius 3 is 2.62 bits per heavy atom. The molecule has 150 valence electrons. The van der Waals surface area contributed by atoms with E-state index in [1.54, 1.807) is 20.0 Å². The molecule has 0 atom stereocenters. The number of benzene rings is 1. The molecule has 9 heteroatoms. The Hall–Kier alpha value is -0.940. The maximum atomic E-state index is 13.2. The van der Waals surface area contributed by atoms with Gasteiger partial charge in [0, 0.05) is 33.2 Å². The molecule has 0 aromatic heterocycles. The van der Waals surface area contributed by atoms with Crippen molar-refractivity contribution in [3.05, 3.63) is 35.6 Å². The van der Waals surface area contributed by atoms with Gasteiger partial charge in [0.1, 0.15) is 5.82 Å². The highest BCUT2D eigenvalue weighted by molar-refractivity contribution is 14.0. The fraction of sp³-hybridized carbons (Fsp3) is 0.588. The molecule has 0 saturated carbocycles. The molecular weight excluding hydrogens is 470 g/mol. The lowest BCUT2D eigenvalue weighted by molar-refractivity contribution is 0.465. The Labute approximate surface area is 173 Å². The first-order valence-electron chi connectivity index (χ1n) is 8.59. The monoisotopic (exact) mass is 500 g/mol. The smallest absolute Gasteiger partial charge is 0.213 e. The maximum absolute atomic E-state index is 13.2. The second-order valence-corrected chi connectivity index (χ2v) is 8.01. The van der Waals surface area contributed by atoms with E-state index < -0.39 is 10.0 Å². The number of nitrogens with one attached hydrogen (secondary N) is 2. The number of rotatable bonds is 10. The van der Waals surface area contributed by atoms with Gasteiger partial charge in [-0.2, -0.15) is 0 Å². The molecule has 1 aromatic rings. The Balaban J connectivity index is 0.00000625. The number of guanidine groups is 1. The van der Waals surface area contributed by atoms with Crippen LogP contribution in [-0.4, -0.2) is 57.7 Å². The van der Waals surface area contributed by atoms with Crippen molar-refractivity contribution in [2.45, 2.75) is 26.7 Å². The zero-order chi connectivity index (χ0) is 18.7. The van der Waals surface area contributed by atoms with Crippen LogP contribution in [0.25, 0.3) is 0 Å². The van der Waals surface area contributed by atoms with E-state index in [2.05, 4.69) is 15.6 Å². The molecule has 6 nitrogen and oxygen atoms in total. The van der Waals surface area contributed by atoms with Gasteiger partial charge in [0.15, 0.2) is 5.96 Å². The summed E-state index contributed by atoms with van der Waals surface area (Å²) in [5.41, 5.74) is 0.926. The summed E-state index contributed by atoms with van der Waals surface area (Å²) < 4.78 is 37.9. The third kappa shape index (κ3) is 9.67. The number of nitrogens with zero attached hydrogens (tertiary/aromatic N) is 2. The van der Waals surface area contributed by atoms with Crippen molar-refractivity contribution >= 4 is 40.0 Å². The van der Waals surface area contributed by atoms with Gasteiger partial charge in [-0.25, -0.2) is 17.1 Å². The Morgan fingerprint density at radius 2 is 2.00 bits per heavy atom. The molecule has 26 heavy (non-hydrogen) atoms. The normalized spacial score (nSPS) is 12.0. The summed E-state index contributed by atoms with van der Waals surface area (Å²) in [5, 5.41) is 6.35. The van der Waals surface area contributed by atoms with E-state index in [9.17, 15) is 12.8 Å². The summed E-state index contributed by atoms with van der Waals surface area (Å²) in [6.07, 6.45) is 1.34. The fourth-order valence-corrected chi connectivity index (χ4v) is 3.05. The molecule has 0 radical (unpaired) electrons. The predicted molar refractivity (Wildman–Crippen MR) is 116 cm³/mol. The molecule has 0 bridgehead atoms. The van der Waals surface area contributed by atoms with Gasteiger partial charge in [0.2, 0.25) is 10.0 Å². The molecule has 0 saturated heterocycles. The van der Waals surface area contributed by atoms with Crippen molar-refractivity contribution in [2.75, 3.05) is 39.0 Å². The molecule has 1 rings (SSSR count). The summed E-state index contributed by atoms with van der Waals surface area (Å²) in [4.78, 5) is 4.44. The lowest BCUT2D eigenvalue weighted by atomic mass is 10.1. The predicted octanol–water partition coefficient (Wildman–Crippen LogP) is 2.21. The number of halogens is 2. The average molecular weight is 500 g/mol. The van der Waals surface area contributed by atoms with Gasteiger partial charge in [-0.1, -0.05) is 12.1 Å². The van der Waals surface area contributed by atoms with Crippen LogP contribution in [0.4, 0.5) is 4.39 Å². The van der Waals surface area contributed by atoms with Crippen LogP contribution in [0.3, 0.4) is 0 Å². The highest BCUT2D eigenvalue weighted by Crippen LogP contribution is 2.03. The zero-order valence-corrected chi connectivity index (χ0v) is 18.8. The van der Waals surface area contributed by atoms with Gasteiger partial charge in [0.25, 0.3) is 0 Å². The SMILES string of the molecule is CCNC(=NCCCN(C)S(=O)(=O)CC)NCCc1cccc(F)c1.I. The molecule has 0 heterocycles. The first-order chi connectivity index (χ1) is 11.9. The summed E-state index contributed by atoms with van der Waals surface area (Å²) in [6, 6.07) is 6.54. The summed E-state index contributed by atoms with van der Waals surface area (Å²) in [7, 11) is -1.55. The van der Waals surface area contributed by atoms with Crippen molar-refractivity contribution in [2.24, 2.45) is 4.99 Å².